The van der Waals surface area contributed by atoms with Crippen LogP contribution in [0.4, 0.5) is 10.5 Å². The molecule has 0 aromatic heterocycles. The second-order valence-electron chi connectivity index (χ2n) is 8.91. The summed E-state index contributed by atoms with van der Waals surface area (Å²) in [5.41, 5.74) is 17.0. The van der Waals surface area contributed by atoms with E-state index >= 15 is 0 Å². The Labute approximate surface area is 202 Å². The van der Waals surface area contributed by atoms with Gasteiger partial charge in [-0.2, -0.15) is 0 Å². The van der Waals surface area contributed by atoms with Gasteiger partial charge in [-0.25, -0.2) is 4.79 Å². The normalized spacial score (nSPS) is 17.2. The molecule has 2 heterocycles. The van der Waals surface area contributed by atoms with Crippen molar-refractivity contribution in [3.05, 3.63) is 89.3 Å². The molecule has 2 aromatic carbocycles. The maximum Gasteiger partial charge on any atom is 0.327 e. The van der Waals surface area contributed by atoms with Crippen LogP contribution in [0.5, 0.6) is 0 Å². The quantitative estimate of drug-likeness (QED) is 0.390. The van der Waals surface area contributed by atoms with Gasteiger partial charge < -0.3 is 22.1 Å². The van der Waals surface area contributed by atoms with Gasteiger partial charge in [0.2, 0.25) is 0 Å². The number of benzene rings is 2. The summed E-state index contributed by atoms with van der Waals surface area (Å²) in [6, 6.07) is 18.5. The Hall–Kier alpha value is -3.13. The molecule has 0 fully saturated rings. The highest BCUT2D eigenvalue weighted by atomic mass is 16.2. The zero-order chi connectivity index (χ0) is 23.8. The van der Waals surface area contributed by atoms with Crippen LogP contribution in [0.2, 0.25) is 0 Å². The Morgan fingerprint density at radius 1 is 0.853 bits per heavy atom. The highest BCUT2D eigenvalue weighted by Gasteiger charge is 2.30. The van der Waals surface area contributed by atoms with Gasteiger partial charge in [-0.1, -0.05) is 42.5 Å². The van der Waals surface area contributed by atoms with Crippen LogP contribution in [0.1, 0.15) is 30.4 Å². The number of hydrogen-bond donors (Lipinski definition) is 4. The monoisotopic (exact) mass is 460 g/mol. The first kappa shape index (κ1) is 24.0. The lowest BCUT2D eigenvalue weighted by Gasteiger charge is -2.29. The Morgan fingerprint density at radius 2 is 1.56 bits per heavy atom. The number of nitrogens with one attached hydrogen (secondary N) is 2. The fourth-order valence-corrected chi connectivity index (χ4v) is 4.41. The second kappa shape index (κ2) is 11.8. The minimum atomic E-state index is -0.160. The molecule has 2 amide bonds. The van der Waals surface area contributed by atoms with E-state index < -0.39 is 0 Å². The first-order chi connectivity index (χ1) is 16.7. The first-order valence-electron chi connectivity index (χ1n) is 12.2. The van der Waals surface area contributed by atoms with Crippen molar-refractivity contribution in [2.24, 2.45) is 11.5 Å². The van der Waals surface area contributed by atoms with E-state index in [4.69, 9.17) is 11.5 Å². The van der Waals surface area contributed by atoms with Gasteiger partial charge in [0, 0.05) is 24.0 Å². The third-order valence-electron chi connectivity index (χ3n) is 6.27. The third kappa shape index (κ3) is 6.26. The highest BCUT2D eigenvalue weighted by Crippen LogP contribution is 2.26. The number of hydrogen-bond acceptors (Lipinski definition) is 5. The van der Waals surface area contributed by atoms with Crippen LogP contribution in [0, 0.1) is 0 Å². The van der Waals surface area contributed by atoms with Crippen molar-refractivity contribution in [3.8, 4) is 0 Å². The van der Waals surface area contributed by atoms with E-state index in [0.717, 1.165) is 62.3 Å². The smallest absolute Gasteiger partial charge is 0.327 e. The van der Waals surface area contributed by atoms with Crippen LogP contribution in [-0.4, -0.2) is 43.3 Å². The summed E-state index contributed by atoms with van der Waals surface area (Å²) in [5, 5.41) is 6.51. The topological polar surface area (TPSA) is 99.7 Å². The first-order valence-corrected chi connectivity index (χ1v) is 12.2. The van der Waals surface area contributed by atoms with Crippen molar-refractivity contribution in [1.82, 2.24) is 15.5 Å². The highest BCUT2D eigenvalue weighted by molar-refractivity contribution is 5.96. The third-order valence-corrected chi connectivity index (χ3v) is 6.27. The van der Waals surface area contributed by atoms with Gasteiger partial charge in [-0.05, 0) is 81.2 Å². The number of amides is 2. The molecule has 4 rings (SSSR count). The zero-order valence-electron chi connectivity index (χ0n) is 19.7. The molecule has 34 heavy (non-hydrogen) atoms. The number of fused-ring (bicyclic) bond motifs is 1. The number of aryl methyl sites for hydroxylation is 1. The van der Waals surface area contributed by atoms with Crippen molar-refractivity contribution in [2.45, 2.75) is 38.4 Å². The maximum absolute atomic E-state index is 12.8. The predicted molar refractivity (Wildman–Crippen MR) is 138 cm³/mol. The molecule has 2 aliphatic rings. The molecule has 1 unspecified atom stereocenters. The number of anilines is 1. The molecular formula is C27H36N6O. The van der Waals surface area contributed by atoms with E-state index in [1.165, 1.54) is 11.1 Å². The second-order valence-corrected chi connectivity index (χ2v) is 8.91. The van der Waals surface area contributed by atoms with Crippen molar-refractivity contribution >= 4 is 11.7 Å². The van der Waals surface area contributed by atoms with Gasteiger partial charge in [0.05, 0.1) is 5.69 Å². The summed E-state index contributed by atoms with van der Waals surface area (Å²) >= 11 is 0. The average molecular weight is 461 g/mol. The Morgan fingerprint density at radius 3 is 2.24 bits per heavy atom. The lowest BCUT2D eigenvalue weighted by Crippen LogP contribution is -2.51. The van der Waals surface area contributed by atoms with Crippen LogP contribution >= 0.6 is 0 Å². The molecule has 0 aliphatic carbocycles. The lowest BCUT2D eigenvalue weighted by atomic mass is 10.1. The summed E-state index contributed by atoms with van der Waals surface area (Å²) in [7, 11) is 0. The summed E-state index contributed by atoms with van der Waals surface area (Å²) in [6.07, 6.45) is 7.75. The average Bonchev–Trinajstić information content (AvgIpc) is 3.26. The number of carbonyl (C=O) groups excluding carboxylic acids is 1. The van der Waals surface area contributed by atoms with E-state index in [0.29, 0.717) is 13.1 Å². The fourth-order valence-electron chi connectivity index (χ4n) is 4.41. The van der Waals surface area contributed by atoms with Crippen LogP contribution < -0.4 is 27.0 Å². The van der Waals surface area contributed by atoms with Gasteiger partial charge in [-0.15, -0.1) is 0 Å². The minimum absolute atomic E-state index is 0.126. The van der Waals surface area contributed by atoms with Gasteiger partial charge >= 0.3 is 6.03 Å². The Bertz CT molecular complexity index is 994. The molecular weight excluding hydrogens is 424 g/mol. The van der Waals surface area contributed by atoms with Crippen molar-refractivity contribution in [2.75, 3.05) is 31.1 Å². The number of urea groups is 1. The van der Waals surface area contributed by atoms with Crippen molar-refractivity contribution in [3.63, 3.8) is 0 Å². The lowest BCUT2D eigenvalue weighted by molar-refractivity contribution is 0.243. The van der Waals surface area contributed by atoms with Gasteiger partial charge in [0.25, 0.3) is 0 Å². The van der Waals surface area contributed by atoms with E-state index in [2.05, 4.69) is 58.0 Å². The molecule has 7 heteroatoms. The molecule has 0 bridgehead atoms. The van der Waals surface area contributed by atoms with E-state index in [1.807, 2.05) is 24.4 Å². The fraction of sp³-hybridized carbons (Fsp3) is 0.370. The van der Waals surface area contributed by atoms with Crippen LogP contribution in [0.25, 0.3) is 0 Å². The standard InChI is InChI=1S/C27H36N6O/c28-14-4-16-32(17-5-15-29)19-22-9-12-25(13-10-22)33-20-23-18-24(30-26(23)31-27(33)34)11-8-21-6-2-1-3-7-21/h1-3,6-7,9-10,12-13,18,20,26,30H,4-5,8,11,14-17,19,28-29H2,(H,31,34). The molecule has 2 aliphatic heterocycles. The summed E-state index contributed by atoms with van der Waals surface area (Å²) in [4.78, 5) is 16.9. The maximum atomic E-state index is 12.8. The molecule has 0 saturated carbocycles. The van der Waals surface area contributed by atoms with Crippen LogP contribution in [0.15, 0.2) is 78.1 Å². The predicted octanol–water partition coefficient (Wildman–Crippen LogP) is 3.05. The Balaban J connectivity index is 1.40. The minimum Gasteiger partial charge on any atom is -0.365 e. The number of carbonyl (C=O) groups is 1. The molecule has 6 N–H and O–H groups in total. The Kier molecular flexibility index (Phi) is 8.36. The van der Waals surface area contributed by atoms with Crippen LogP contribution in [-0.2, 0) is 13.0 Å². The molecule has 0 saturated heterocycles. The van der Waals surface area contributed by atoms with Gasteiger partial charge in [0.1, 0.15) is 6.17 Å². The van der Waals surface area contributed by atoms with Crippen LogP contribution in [0.3, 0.4) is 0 Å². The van der Waals surface area contributed by atoms with E-state index in [9.17, 15) is 4.79 Å². The summed E-state index contributed by atoms with van der Waals surface area (Å²) in [5.74, 6) is 0. The van der Waals surface area contributed by atoms with Gasteiger partial charge in [0.15, 0.2) is 0 Å². The summed E-state index contributed by atoms with van der Waals surface area (Å²) in [6.45, 7) is 4.16. The largest absolute Gasteiger partial charge is 0.365 e. The zero-order valence-corrected chi connectivity index (χ0v) is 19.7. The summed E-state index contributed by atoms with van der Waals surface area (Å²) < 4.78 is 0. The molecule has 7 nitrogen and oxygen atoms in total. The van der Waals surface area contributed by atoms with E-state index in [-0.39, 0.29) is 12.2 Å². The number of nitrogens with two attached hydrogens (primary N) is 2. The molecule has 180 valence electrons. The van der Waals surface area contributed by atoms with E-state index in [1.54, 1.807) is 4.90 Å². The molecule has 2 aromatic rings. The number of nitrogens with zero attached hydrogens (tertiary/aromatic N) is 2. The SMILES string of the molecule is NCCCN(CCCN)Cc1ccc(N2C=C3C=C(CCc4ccccc4)NC3NC2=O)cc1. The molecule has 0 spiro atoms. The van der Waals surface area contributed by atoms with Crippen molar-refractivity contribution < 1.29 is 4.79 Å². The molecule has 1 atom stereocenters. The number of rotatable bonds is 12. The molecule has 0 radical (unpaired) electrons. The number of allylic oxidation sites excluding steroid dienone is 1. The van der Waals surface area contributed by atoms with Crippen molar-refractivity contribution in [1.29, 1.82) is 0 Å². The van der Waals surface area contributed by atoms with Gasteiger partial charge in [-0.3, -0.25) is 9.80 Å².